The van der Waals surface area contributed by atoms with Crippen LogP contribution in [0.25, 0.3) is 11.3 Å². The highest BCUT2D eigenvalue weighted by atomic mass is 16.5. The zero-order valence-corrected chi connectivity index (χ0v) is 25.8. The number of nitrogens with one attached hydrogen (secondary N) is 2. The van der Waals surface area contributed by atoms with E-state index in [-0.39, 0.29) is 30.9 Å². The minimum atomic E-state index is -0.457. The zero-order valence-electron chi connectivity index (χ0n) is 25.8. The maximum atomic E-state index is 13.3. The number of anilines is 3. The van der Waals surface area contributed by atoms with Crippen LogP contribution in [0.15, 0.2) is 72.8 Å². The van der Waals surface area contributed by atoms with Gasteiger partial charge < -0.3 is 30.1 Å². The number of hydrogen-bond acceptors (Lipinski definition) is 7. The monoisotopic (exact) mass is 597 g/mol. The fraction of sp³-hybridized carbons (Fsp3) is 0.294. The maximum Gasteiger partial charge on any atom is 0.338 e. The Hall–Kier alpha value is -4.96. The van der Waals surface area contributed by atoms with Gasteiger partial charge in [0.05, 0.1) is 29.1 Å². The number of carbonyl (C=O) groups excluding carboxylic acids is 4. The molecule has 1 aliphatic rings. The Morgan fingerprint density at radius 1 is 0.864 bits per heavy atom. The molecular weight excluding hydrogens is 558 g/mol. The van der Waals surface area contributed by atoms with Gasteiger partial charge in [-0.15, -0.1) is 0 Å². The minimum Gasteiger partial charge on any atom is -0.462 e. The van der Waals surface area contributed by atoms with Crippen LogP contribution in [-0.2, 0) is 19.1 Å². The molecule has 230 valence electrons. The third kappa shape index (κ3) is 7.70. The van der Waals surface area contributed by atoms with Gasteiger partial charge in [0, 0.05) is 37.5 Å². The van der Waals surface area contributed by atoms with Gasteiger partial charge in [0.2, 0.25) is 11.8 Å². The Morgan fingerprint density at radius 3 is 2.20 bits per heavy atom. The fourth-order valence-corrected chi connectivity index (χ4v) is 4.80. The molecule has 4 rings (SSSR count). The number of amides is 3. The molecule has 10 heteroatoms. The van der Waals surface area contributed by atoms with Crippen molar-refractivity contribution in [2.45, 2.75) is 19.8 Å². The lowest BCUT2D eigenvalue weighted by molar-refractivity contribution is -0.129. The minimum absolute atomic E-state index is 0.0648. The van der Waals surface area contributed by atoms with E-state index < -0.39 is 5.97 Å². The first kappa shape index (κ1) is 32.0. The summed E-state index contributed by atoms with van der Waals surface area (Å²) in [5, 5.41) is 6.29. The lowest BCUT2D eigenvalue weighted by Crippen LogP contribution is -2.40. The van der Waals surface area contributed by atoms with Gasteiger partial charge in [-0.3, -0.25) is 14.4 Å². The van der Waals surface area contributed by atoms with Gasteiger partial charge in [-0.25, -0.2) is 4.79 Å². The van der Waals surface area contributed by atoms with Crippen LogP contribution in [0.2, 0.25) is 0 Å². The summed E-state index contributed by atoms with van der Waals surface area (Å²) in [6, 6.07) is 21.7. The Morgan fingerprint density at radius 2 is 1.57 bits per heavy atom. The highest BCUT2D eigenvalue weighted by Crippen LogP contribution is 2.38. The van der Waals surface area contributed by atoms with Crippen molar-refractivity contribution in [1.82, 2.24) is 9.80 Å². The Bertz CT molecular complexity index is 1550. The molecule has 1 aliphatic heterocycles. The summed E-state index contributed by atoms with van der Waals surface area (Å²) < 4.78 is 5.12. The van der Waals surface area contributed by atoms with E-state index in [0.717, 1.165) is 12.1 Å². The Balaban J connectivity index is 1.67. The van der Waals surface area contributed by atoms with E-state index in [2.05, 4.69) is 10.6 Å². The largest absolute Gasteiger partial charge is 0.462 e. The van der Waals surface area contributed by atoms with Gasteiger partial charge in [-0.2, -0.15) is 0 Å². The number of esters is 1. The van der Waals surface area contributed by atoms with Gasteiger partial charge in [-0.05, 0) is 75.9 Å². The summed E-state index contributed by atoms with van der Waals surface area (Å²) in [6.07, 6.45) is 0.993. The van der Waals surface area contributed by atoms with Gasteiger partial charge >= 0.3 is 5.97 Å². The molecule has 0 atom stereocenters. The number of carbonyl (C=O) groups is 4. The molecule has 1 heterocycles. The quantitative estimate of drug-likeness (QED) is 0.233. The van der Waals surface area contributed by atoms with Crippen LogP contribution in [0.3, 0.4) is 0 Å². The third-order valence-corrected chi connectivity index (χ3v) is 7.13. The van der Waals surface area contributed by atoms with Crippen molar-refractivity contribution < 1.29 is 23.9 Å². The third-order valence-electron chi connectivity index (χ3n) is 7.13. The molecule has 3 aromatic carbocycles. The van der Waals surface area contributed by atoms with Crippen molar-refractivity contribution in [3.63, 3.8) is 0 Å². The van der Waals surface area contributed by atoms with Gasteiger partial charge in [0.15, 0.2) is 0 Å². The summed E-state index contributed by atoms with van der Waals surface area (Å²) in [6.45, 7) is 2.69. The SMILES string of the molecule is CCOC(=O)c1ccc2c(c1)NC(=O)C2=C(Nc1ccc(N(CC(=O)N(C)C)C(=O)CCCN(C)C)cc1)c1ccccc1. The molecular formula is C34H39N5O5. The van der Waals surface area contributed by atoms with Crippen LogP contribution in [0.4, 0.5) is 17.1 Å². The second kappa shape index (κ2) is 14.5. The fourth-order valence-electron chi connectivity index (χ4n) is 4.80. The highest BCUT2D eigenvalue weighted by Gasteiger charge is 2.29. The summed E-state index contributed by atoms with van der Waals surface area (Å²) in [5.74, 6) is -1.07. The van der Waals surface area contributed by atoms with E-state index in [0.29, 0.717) is 52.3 Å². The van der Waals surface area contributed by atoms with E-state index in [4.69, 9.17) is 4.74 Å². The topological polar surface area (TPSA) is 111 Å². The maximum absolute atomic E-state index is 13.3. The van der Waals surface area contributed by atoms with Crippen molar-refractivity contribution in [3.8, 4) is 0 Å². The zero-order chi connectivity index (χ0) is 31.8. The number of likely N-dealkylation sites (N-methyl/N-ethyl adjacent to an activating group) is 1. The van der Waals surface area contributed by atoms with Crippen molar-refractivity contribution in [2.24, 2.45) is 0 Å². The summed E-state index contributed by atoms with van der Waals surface area (Å²) >= 11 is 0. The molecule has 0 fully saturated rings. The van der Waals surface area contributed by atoms with Crippen molar-refractivity contribution in [1.29, 1.82) is 0 Å². The highest BCUT2D eigenvalue weighted by molar-refractivity contribution is 6.37. The first-order valence-electron chi connectivity index (χ1n) is 14.5. The van der Waals surface area contributed by atoms with Gasteiger partial charge in [0.25, 0.3) is 5.91 Å². The Kier molecular flexibility index (Phi) is 10.5. The second-order valence-corrected chi connectivity index (χ2v) is 10.9. The normalized spacial score (nSPS) is 13.2. The van der Waals surface area contributed by atoms with Gasteiger partial charge in [0.1, 0.15) is 6.54 Å². The van der Waals surface area contributed by atoms with Crippen molar-refractivity contribution in [2.75, 3.05) is 63.4 Å². The van der Waals surface area contributed by atoms with Crippen LogP contribution in [0, 0.1) is 0 Å². The van der Waals surface area contributed by atoms with E-state index >= 15 is 0 Å². The molecule has 0 saturated heterocycles. The number of hydrogen-bond donors (Lipinski definition) is 2. The lowest BCUT2D eigenvalue weighted by atomic mass is 9.99. The first-order chi connectivity index (χ1) is 21.1. The summed E-state index contributed by atoms with van der Waals surface area (Å²) in [5.41, 5.74) is 4.62. The molecule has 3 aromatic rings. The molecule has 0 spiro atoms. The standard InChI is InChI=1S/C34H39N5O5/c1-6-44-34(43)24-14-19-27-28(21-24)36-33(42)31(27)32(23-11-8-7-9-12-23)35-25-15-17-26(18-16-25)39(22-30(41)38(4)5)29(40)13-10-20-37(2)3/h7-9,11-12,14-19,21,35H,6,10,13,20,22H2,1-5H3,(H,36,42). The van der Waals surface area contributed by atoms with Crippen LogP contribution >= 0.6 is 0 Å². The molecule has 0 bridgehead atoms. The van der Waals surface area contributed by atoms with E-state index in [9.17, 15) is 19.2 Å². The predicted molar refractivity (Wildman–Crippen MR) is 173 cm³/mol. The number of fused-ring (bicyclic) bond motifs is 1. The molecule has 0 aromatic heterocycles. The van der Waals surface area contributed by atoms with Crippen LogP contribution in [0.1, 0.15) is 41.3 Å². The van der Waals surface area contributed by atoms with E-state index in [1.165, 1.54) is 9.80 Å². The average Bonchev–Trinajstić information content (AvgIpc) is 3.33. The Labute approximate surface area is 258 Å². The smallest absolute Gasteiger partial charge is 0.338 e. The molecule has 0 radical (unpaired) electrons. The lowest BCUT2D eigenvalue weighted by Gasteiger charge is -2.25. The van der Waals surface area contributed by atoms with Crippen molar-refractivity contribution in [3.05, 3.63) is 89.5 Å². The summed E-state index contributed by atoms with van der Waals surface area (Å²) in [4.78, 5) is 56.4. The second-order valence-electron chi connectivity index (χ2n) is 10.9. The van der Waals surface area contributed by atoms with Crippen LogP contribution < -0.4 is 15.5 Å². The number of benzene rings is 3. The molecule has 2 N–H and O–H groups in total. The molecule has 0 unspecified atom stereocenters. The summed E-state index contributed by atoms with van der Waals surface area (Å²) in [7, 11) is 7.24. The molecule has 10 nitrogen and oxygen atoms in total. The molecule has 0 saturated carbocycles. The van der Waals surface area contributed by atoms with E-state index in [1.807, 2.05) is 61.5 Å². The molecule has 3 amide bonds. The first-order valence-corrected chi connectivity index (χ1v) is 14.5. The average molecular weight is 598 g/mol. The predicted octanol–water partition coefficient (Wildman–Crippen LogP) is 4.56. The molecule has 44 heavy (non-hydrogen) atoms. The van der Waals surface area contributed by atoms with E-state index in [1.54, 1.807) is 51.4 Å². The molecule has 0 aliphatic carbocycles. The number of rotatable bonds is 12. The van der Waals surface area contributed by atoms with Crippen molar-refractivity contribution >= 4 is 52.0 Å². The number of ether oxygens (including phenoxy) is 1. The van der Waals surface area contributed by atoms with Gasteiger partial charge in [-0.1, -0.05) is 36.4 Å². The van der Waals surface area contributed by atoms with Crippen LogP contribution in [-0.4, -0.2) is 81.4 Å². The van der Waals surface area contributed by atoms with Crippen LogP contribution in [0.5, 0.6) is 0 Å². The number of nitrogens with zero attached hydrogens (tertiary/aromatic N) is 3.